The molecule has 1 N–H and O–H groups in total. The standard InChI is InChI=1S/C14H11BrFN3/c1-9-4-11(16)6-12(5-9)19-14(7-17)13-3-2-10(15)8-18-13/h2-6,8,14,19H,1H3. The van der Waals surface area contributed by atoms with Crippen molar-refractivity contribution in [1.82, 2.24) is 4.98 Å². The van der Waals surface area contributed by atoms with Gasteiger partial charge in [0.15, 0.2) is 6.04 Å². The van der Waals surface area contributed by atoms with Gasteiger partial charge in [-0.05, 0) is 58.7 Å². The molecule has 1 aromatic heterocycles. The van der Waals surface area contributed by atoms with Crippen LogP contribution >= 0.6 is 15.9 Å². The largest absolute Gasteiger partial charge is 0.365 e. The number of halogens is 2. The summed E-state index contributed by atoms with van der Waals surface area (Å²) in [5.41, 5.74) is 1.95. The molecule has 0 radical (unpaired) electrons. The first-order valence-corrected chi connectivity index (χ1v) is 6.42. The molecular weight excluding hydrogens is 309 g/mol. The van der Waals surface area contributed by atoms with Crippen molar-refractivity contribution in [1.29, 1.82) is 5.26 Å². The van der Waals surface area contributed by atoms with Gasteiger partial charge in [-0.3, -0.25) is 4.98 Å². The molecule has 1 aromatic carbocycles. The highest BCUT2D eigenvalue weighted by Gasteiger charge is 2.12. The van der Waals surface area contributed by atoms with Crippen LogP contribution in [0.2, 0.25) is 0 Å². The van der Waals surface area contributed by atoms with E-state index in [-0.39, 0.29) is 5.82 Å². The Bertz CT molecular complexity index is 599. The number of aromatic nitrogens is 1. The Balaban J connectivity index is 2.24. The molecule has 0 spiro atoms. The Kier molecular flexibility index (Phi) is 4.13. The van der Waals surface area contributed by atoms with Crippen LogP contribution in [0.1, 0.15) is 17.3 Å². The van der Waals surface area contributed by atoms with Gasteiger partial charge in [-0.1, -0.05) is 0 Å². The predicted molar refractivity (Wildman–Crippen MR) is 75.1 cm³/mol. The molecule has 0 bridgehead atoms. The lowest BCUT2D eigenvalue weighted by atomic mass is 10.1. The Morgan fingerprint density at radius 3 is 2.74 bits per heavy atom. The number of nitrogens with zero attached hydrogens (tertiary/aromatic N) is 2. The molecule has 3 nitrogen and oxygen atoms in total. The van der Waals surface area contributed by atoms with Crippen molar-refractivity contribution in [2.24, 2.45) is 0 Å². The number of hydrogen-bond acceptors (Lipinski definition) is 3. The molecular formula is C14H11BrFN3. The third-order valence-corrected chi connectivity index (χ3v) is 3.00. The van der Waals surface area contributed by atoms with Gasteiger partial charge in [0.25, 0.3) is 0 Å². The van der Waals surface area contributed by atoms with Crippen molar-refractivity contribution < 1.29 is 4.39 Å². The van der Waals surface area contributed by atoms with Crippen molar-refractivity contribution in [3.8, 4) is 6.07 Å². The number of rotatable bonds is 3. The van der Waals surface area contributed by atoms with Crippen LogP contribution in [0.15, 0.2) is 41.0 Å². The van der Waals surface area contributed by atoms with Crippen LogP contribution in [0.25, 0.3) is 0 Å². The third-order valence-electron chi connectivity index (χ3n) is 2.53. The average molecular weight is 320 g/mol. The highest BCUT2D eigenvalue weighted by Crippen LogP contribution is 2.20. The summed E-state index contributed by atoms with van der Waals surface area (Å²) in [6, 6.07) is 9.63. The normalized spacial score (nSPS) is 11.7. The lowest BCUT2D eigenvalue weighted by Gasteiger charge is -2.13. The molecule has 19 heavy (non-hydrogen) atoms. The molecule has 1 atom stereocenters. The van der Waals surface area contributed by atoms with Crippen molar-refractivity contribution in [3.05, 3.63) is 58.1 Å². The molecule has 0 amide bonds. The maximum atomic E-state index is 13.3. The molecule has 5 heteroatoms. The Morgan fingerprint density at radius 1 is 1.37 bits per heavy atom. The van der Waals surface area contributed by atoms with Crippen LogP contribution in [-0.2, 0) is 0 Å². The van der Waals surface area contributed by atoms with Gasteiger partial charge in [0, 0.05) is 16.4 Å². The van der Waals surface area contributed by atoms with E-state index in [2.05, 4.69) is 32.3 Å². The first-order chi connectivity index (χ1) is 9.08. The van der Waals surface area contributed by atoms with Gasteiger partial charge in [0.05, 0.1) is 11.8 Å². The van der Waals surface area contributed by atoms with E-state index in [1.807, 2.05) is 6.07 Å². The molecule has 2 rings (SSSR count). The maximum Gasteiger partial charge on any atom is 0.157 e. The van der Waals surface area contributed by atoms with Gasteiger partial charge >= 0.3 is 0 Å². The smallest absolute Gasteiger partial charge is 0.157 e. The van der Waals surface area contributed by atoms with Gasteiger partial charge in [0.1, 0.15) is 5.82 Å². The molecule has 0 aliphatic rings. The van der Waals surface area contributed by atoms with Gasteiger partial charge < -0.3 is 5.32 Å². The number of pyridine rings is 1. The molecule has 96 valence electrons. The fourth-order valence-corrected chi connectivity index (χ4v) is 1.95. The molecule has 0 fully saturated rings. The summed E-state index contributed by atoms with van der Waals surface area (Å²) >= 11 is 3.29. The minimum Gasteiger partial charge on any atom is -0.365 e. The quantitative estimate of drug-likeness (QED) is 0.931. The van der Waals surface area contributed by atoms with Crippen LogP contribution in [0.4, 0.5) is 10.1 Å². The van der Waals surface area contributed by atoms with E-state index < -0.39 is 6.04 Å². The maximum absolute atomic E-state index is 13.3. The summed E-state index contributed by atoms with van der Waals surface area (Å²) in [6.45, 7) is 1.80. The van der Waals surface area contributed by atoms with Crippen molar-refractivity contribution in [3.63, 3.8) is 0 Å². The zero-order valence-corrected chi connectivity index (χ0v) is 11.8. The summed E-state index contributed by atoms with van der Waals surface area (Å²) in [5.74, 6) is -0.331. The average Bonchev–Trinajstić information content (AvgIpc) is 2.36. The molecule has 0 saturated carbocycles. The van der Waals surface area contributed by atoms with Crippen molar-refractivity contribution >= 4 is 21.6 Å². The fraction of sp³-hybridized carbons (Fsp3) is 0.143. The summed E-state index contributed by atoms with van der Waals surface area (Å²) in [4.78, 5) is 4.16. The highest BCUT2D eigenvalue weighted by molar-refractivity contribution is 9.10. The topological polar surface area (TPSA) is 48.7 Å². The van der Waals surface area contributed by atoms with E-state index in [1.165, 1.54) is 12.1 Å². The van der Waals surface area contributed by atoms with E-state index in [1.54, 1.807) is 25.3 Å². The second-order valence-corrected chi connectivity index (χ2v) is 5.04. The van der Waals surface area contributed by atoms with E-state index in [9.17, 15) is 9.65 Å². The van der Waals surface area contributed by atoms with Crippen LogP contribution in [-0.4, -0.2) is 4.98 Å². The number of nitriles is 1. The second-order valence-electron chi connectivity index (χ2n) is 4.12. The van der Waals surface area contributed by atoms with E-state index in [0.29, 0.717) is 11.4 Å². The fourth-order valence-electron chi connectivity index (χ4n) is 1.72. The summed E-state index contributed by atoms with van der Waals surface area (Å²) < 4.78 is 14.1. The number of nitrogens with one attached hydrogen (secondary N) is 1. The summed E-state index contributed by atoms with van der Waals surface area (Å²) in [7, 11) is 0. The second kappa shape index (κ2) is 5.81. The summed E-state index contributed by atoms with van der Waals surface area (Å²) in [6.07, 6.45) is 1.62. The van der Waals surface area contributed by atoms with Gasteiger partial charge in [-0.25, -0.2) is 4.39 Å². The van der Waals surface area contributed by atoms with E-state index in [4.69, 9.17) is 0 Å². The molecule has 1 heterocycles. The first kappa shape index (κ1) is 13.5. The van der Waals surface area contributed by atoms with Crippen LogP contribution in [0, 0.1) is 24.1 Å². The third kappa shape index (κ3) is 3.52. The molecule has 2 aromatic rings. The Labute approximate surface area is 119 Å². The summed E-state index contributed by atoms with van der Waals surface area (Å²) in [5, 5.41) is 12.2. The molecule has 0 aliphatic heterocycles. The molecule has 0 aliphatic carbocycles. The number of hydrogen-bond donors (Lipinski definition) is 1. The first-order valence-electron chi connectivity index (χ1n) is 5.63. The SMILES string of the molecule is Cc1cc(F)cc(NC(C#N)c2ccc(Br)cn2)c1. The molecule has 0 saturated heterocycles. The van der Waals surface area contributed by atoms with Gasteiger partial charge in [0.2, 0.25) is 0 Å². The highest BCUT2D eigenvalue weighted by atomic mass is 79.9. The number of benzene rings is 1. The molecule has 1 unspecified atom stereocenters. The number of anilines is 1. The van der Waals surface area contributed by atoms with Crippen LogP contribution in [0.5, 0.6) is 0 Å². The minimum absolute atomic E-state index is 0.331. The Hall–Kier alpha value is -1.93. The minimum atomic E-state index is -0.616. The monoisotopic (exact) mass is 319 g/mol. The van der Waals surface area contributed by atoms with Crippen molar-refractivity contribution in [2.45, 2.75) is 13.0 Å². The number of aryl methyl sites for hydroxylation is 1. The lowest BCUT2D eigenvalue weighted by Crippen LogP contribution is -2.10. The predicted octanol–water partition coefficient (Wildman–Crippen LogP) is 3.97. The van der Waals surface area contributed by atoms with Gasteiger partial charge in [-0.2, -0.15) is 5.26 Å². The van der Waals surface area contributed by atoms with E-state index in [0.717, 1.165) is 10.0 Å². The Morgan fingerprint density at radius 2 is 2.16 bits per heavy atom. The zero-order chi connectivity index (χ0) is 13.8. The lowest BCUT2D eigenvalue weighted by molar-refractivity contribution is 0.627. The van der Waals surface area contributed by atoms with Gasteiger partial charge in [-0.15, -0.1) is 0 Å². The van der Waals surface area contributed by atoms with E-state index >= 15 is 0 Å². The van der Waals surface area contributed by atoms with Crippen LogP contribution in [0.3, 0.4) is 0 Å². The van der Waals surface area contributed by atoms with Crippen LogP contribution < -0.4 is 5.32 Å². The van der Waals surface area contributed by atoms with Crippen molar-refractivity contribution in [2.75, 3.05) is 5.32 Å². The zero-order valence-electron chi connectivity index (χ0n) is 10.2.